The SMILES string of the molecule is C[NH2+]C(=CC(=CN)C(C)C)Nc1ccc2ncc(C(C=N)=C[NH2+]C3CCN(CCO)CC3)cc2n1. The number of anilines is 1. The van der Waals surface area contributed by atoms with Crippen LogP contribution in [0.5, 0.6) is 0 Å². The number of likely N-dealkylation sites (tertiary alicyclic amines) is 1. The quantitative estimate of drug-likeness (QED) is 0.205. The fourth-order valence-electron chi connectivity index (χ4n) is 4.14. The van der Waals surface area contributed by atoms with Gasteiger partial charge in [-0.1, -0.05) is 13.8 Å². The number of fused-ring (bicyclic) bond motifs is 1. The second-order valence-corrected chi connectivity index (χ2v) is 9.15. The Morgan fingerprint density at radius 2 is 2.09 bits per heavy atom. The lowest BCUT2D eigenvalue weighted by atomic mass is 10.0. The molecule has 9 heteroatoms. The number of pyridine rings is 2. The van der Waals surface area contributed by atoms with Crippen LogP contribution in [0.2, 0.25) is 0 Å². The molecule has 0 aliphatic carbocycles. The van der Waals surface area contributed by atoms with Gasteiger partial charge >= 0.3 is 0 Å². The van der Waals surface area contributed by atoms with E-state index in [0.29, 0.717) is 12.0 Å². The van der Waals surface area contributed by atoms with Gasteiger partial charge in [-0.2, -0.15) is 0 Å². The molecule has 0 radical (unpaired) electrons. The first-order valence-electron chi connectivity index (χ1n) is 12.3. The van der Waals surface area contributed by atoms with Crippen LogP contribution in [0.25, 0.3) is 16.6 Å². The molecule has 188 valence electrons. The number of nitrogens with zero attached hydrogens (tertiary/aromatic N) is 3. The number of quaternary nitrogens is 2. The van der Waals surface area contributed by atoms with Gasteiger partial charge in [-0.3, -0.25) is 10.3 Å². The molecule has 0 aromatic carbocycles. The van der Waals surface area contributed by atoms with Gasteiger partial charge in [-0.05, 0) is 35.9 Å². The number of aliphatic hydroxyl groups excluding tert-OH is 1. The number of nitrogens with one attached hydrogen (secondary N) is 2. The largest absolute Gasteiger partial charge is 0.404 e. The molecule has 1 saturated heterocycles. The smallest absolute Gasteiger partial charge is 0.203 e. The standard InChI is InChI=1S/C26H38N8O/c1-18(2)19(14-27)13-26(29-3)33-25-5-4-23-24(32-25)12-20(16-31-23)21(15-28)17-30-22-6-8-34(9-7-22)10-11-35/h4-5,12-18,22,28-30,35H,6-11,27H2,1-3H3,(H,32,33)/p+2. The molecular weight excluding hydrogens is 440 g/mol. The van der Waals surface area contributed by atoms with Gasteiger partial charge in [0, 0.05) is 56.5 Å². The zero-order valence-electron chi connectivity index (χ0n) is 21.0. The molecule has 0 saturated carbocycles. The third-order valence-corrected chi connectivity index (χ3v) is 6.39. The zero-order chi connectivity index (χ0) is 25.2. The number of nitrogens with two attached hydrogens (primary N) is 3. The fraction of sp³-hybridized carbons (Fsp3) is 0.423. The van der Waals surface area contributed by atoms with Gasteiger partial charge in [0.2, 0.25) is 5.82 Å². The summed E-state index contributed by atoms with van der Waals surface area (Å²) in [5.41, 5.74) is 10.1. The van der Waals surface area contributed by atoms with Crippen LogP contribution in [0, 0.1) is 11.3 Å². The maximum absolute atomic E-state index is 9.12. The van der Waals surface area contributed by atoms with E-state index in [1.54, 1.807) is 12.4 Å². The van der Waals surface area contributed by atoms with Crippen LogP contribution in [0.3, 0.4) is 0 Å². The number of aromatic nitrogens is 2. The van der Waals surface area contributed by atoms with E-state index in [0.717, 1.165) is 71.9 Å². The molecule has 0 amide bonds. The van der Waals surface area contributed by atoms with Crippen LogP contribution in [0.4, 0.5) is 5.82 Å². The number of hydrogen-bond acceptors (Lipinski definition) is 7. The van der Waals surface area contributed by atoms with Crippen LogP contribution < -0.4 is 21.7 Å². The lowest BCUT2D eigenvalue weighted by molar-refractivity contribution is -0.628. The van der Waals surface area contributed by atoms with E-state index < -0.39 is 0 Å². The summed E-state index contributed by atoms with van der Waals surface area (Å²) < 4.78 is 0. The molecule has 35 heavy (non-hydrogen) atoms. The summed E-state index contributed by atoms with van der Waals surface area (Å²) in [6, 6.07) is 6.33. The molecule has 1 aliphatic rings. The van der Waals surface area contributed by atoms with Crippen LogP contribution in [-0.2, 0) is 0 Å². The molecule has 0 unspecified atom stereocenters. The Bertz CT molecular complexity index is 1080. The third-order valence-electron chi connectivity index (χ3n) is 6.39. The third kappa shape index (κ3) is 7.43. The molecule has 0 spiro atoms. The minimum Gasteiger partial charge on any atom is -0.404 e. The fourth-order valence-corrected chi connectivity index (χ4v) is 4.14. The van der Waals surface area contributed by atoms with Crippen molar-refractivity contribution in [2.45, 2.75) is 32.7 Å². The van der Waals surface area contributed by atoms with Crippen molar-refractivity contribution in [3.05, 3.63) is 59.8 Å². The van der Waals surface area contributed by atoms with Crippen molar-refractivity contribution >= 4 is 28.6 Å². The van der Waals surface area contributed by atoms with Gasteiger partial charge in [0.05, 0.1) is 36.3 Å². The lowest BCUT2D eigenvalue weighted by Gasteiger charge is -2.29. The highest BCUT2D eigenvalue weighted by Gasteiger charge is 2.20. The topological polar surface area (TPSA) is 144 Å². The monoisotopic (exact) mass is 480 g/mol. The minimum atomic E-state index is 0.213. The van der Waals surface area contributed by atoms with Crippen LogP contribution in [-0.4, -0.2) is 65.5 Å². The molecule has 1 aliphatic heterocycles. The molecule has 0 bridgehead atoms. The van der Waals surface area contributed by atoms with Crippen LogP contribution in [0.15, 0.2) is 54.3 Å². The predicted molar refractivity (Wildman–Crippen MR) is 141 cm³/mol. The van der Waals surface area contributed by atoms with Gasteiger partial charge in [-0.15, -0.1) is 0 Å². The second-order valence-electron chi connectivity index (χ2n) is 9.15. The first kappa shape index (κ1) is 26.5. The van der Waals surface area contributed by atoms with Crippen LogP contribution >= 0.6 is 0 Å². The van der Waals surface area contributed by atoms with Crippen molar-refractivity contribution in [2.75, 3.05) is 38.6 Å². The Labute approximate surface area is 207 Å². The maximum Gasteiger partial charge on any atom is 0.203 e. The Kier molecular flexibility index (Phi) is 9.92. The maximum atomic E-state index is 9.12. The molecule has 3 rings (SSSR count). The summed E-state index contributed by atoms with van der Waals surface area (Å²) in [5.74, 6) is 1.97. The molecule has 0 atom stereocenters. The van der Waals surface area contributed by atoms with Crippen molar-refractivity contribution in [3.63, 3.8) is 0 Å². The highest BCUT2D eigenvalue weighted by atomic mass is 16.3. The van der Waals surface area contributed by atoms with Gasteiger partial charge in [0.1, 0.15) is 12.0 Å². The van der Waals surface area contributed by atoms with E-state index in [2.05, 4.69) is 34.4 Å². The van der Waals surface area contributed by atoms with Gasteiger partial charge < -0.3 is 31.8 Å². The van der Waals surface area contributed by atoms with E-state index in [1.165, 1.54) is 6.21 Å². The minimum absolute atomic E-state index is 0.213. The number of hydrogen-bond donors (Lipinski definition) is 6. The average molecular weight is 481 g/mol. The Hall–Kier alpha value is -3.11. The van der Waals surface area contributed by atoms with E-state index in [4.69, 9.17) is 21.2 Å². The van der Waals surface area contributed by atoms with E-state index >= 15 is 0 Å². The highest BCUT2D eigenvalue weighted by molar-refractivity contribution is 6.08. The normalized spacial score (nSPS) is 16.8. The Morgan fingerprint density at radius 1 is 1.31 bits per heavy atom. The van der Waals surface area contributed by atoms with E-state index in [1.807, 2.05) is 42.8 Å². The number of aliphatic hydroxyl groups is 1. The average Bonchev–Trinajstić information content (AvgIpc) is 2.87. The van der Waals surface area contributed by atoms with Crippen molar-refractivity contribution in [1.82, 2.24) is 14.9 Å². The van der Waals surface area contributed by atoms with E-state index in [9.17, 15) is 0 Å². The summed E-state index contributed by atoms with van der Waals surface area (Å²) in [7, 11) is 1.97. The predicted octanol–water partition coefficient (Wildman–Crippen LogP) is 0.585. The number of rotatable bonds is 11. The van der Waals surface area contributed by atoms with E-state index in [-0.39, 0.29) is 6.61 Å². The molecule has 2 aromatic heterocycles. The zero-order valence-corrected chi connectivity index (χ0v) is 21.0. The Morgan fingerprint density at radius 3 is 2.71 bits per heavy atom. The Balaban J connectivity index is 1.75. The van der Waals surface area contributed by atoms with Gasteiger partial charge in [0.25, 0.3) is 0 Å². The van der Waals surface area contributed by atoms with Crippen molar-refractivity contribution in [3.8, 4) is 0 Å². The van der Waals surface area contributed by atoms with Crippen molar-refractivity contribution < 1.29 is 15.7 Å². The summed E-state index contributed by atoms with van der Waals surface area (Å²) in [5, 5.41) is 24.6. The van der Waals surface area contributed by atoms with Gasteiger partial charge in [0.15, 0.2) is 0 Å². The highest BCUT2D eigenvalue weighted by Crippen LogP contribution is 2.19. The van der Waals surface area contributed by atoms with Crippen molar-refractivity contribution in [2.24, 2.45) is 11.7 Å². The summed E-state index contributed by atoms with van der Waals surface area (Å²) in [6.45, 7) is 7.17. The van der Waals surface area contributed by atoms with Crippen LogP contribution in [0.1, 0.15) is 32.3 Å². The molecule has 3 heterocycles. The first-order chi connectivity index (χ1) is 17.0. The molecule has 1 fully saturated rings. The molecular formula is C26H40N8O+2. The summed E-state index contributed by atoms with van der Waals surface area (Å²) >= 11 is 0. The summed E-state index contributed by atoms with van der Waals surface area (Å²) in [6.07, 6.45) is 11.0. The second kappa shape index (κ2) is 13.1. The number of allylic oxidation sites excluding steroid dienone is 3. The number of β-amino-alcohol motifs (C(OH)–C–C–N with tert-alkyl or cyclic N) is 1. The molecule has 9 nitrogen and oxygen atoms in total. The van der Waals surface area contributed by atoms with Gasteiger partial charge in [-0.25, -0.2) is 4.98 Å². The van der Waals surface area contributed by atoms with Crippen molar-refractivity contribution in [1.29, 1.82) is 5.41 Å². The first-order valence-corrected chi connectivity index (χ1v) is 12.3. The molecule has 2 aromatic rings. The molecule has 9 N–H and O–H groups in total. The lowest BCUT2D eigenvalue weighted by Crippen LogP contribution is -2.86. The summed E-state index contributed by atoms with van der Waals surface area (Å²) in [4.78, 5) is 11.6. The number of piperidine rings is 1.